The van der Waals surface area contributed by atoms with Gasteiger partial charge in [-0.2, -0.15) is 0 Å². The molecule has 0 spiro atoms. The molecular weight excluding hydrogens is 300 g/mol. The molecule has 24 heavy (non-hydrogen) atoms. The van der Waals surface area contributed by atoms with Gasteiger partial charge < -0.3 is 14.0 Å². The fraction of sp³-hybridized carbons (Fsp3) is 0.263. The van der Waals surface area contributed by atoms with Crippen LogP contribution >= 0.6 is 0 Å². The van der Waals surface area contributed by atoms with Gasteiger partial charge in [0, 0.05) is 49.5 Å². The zero-order valence-electron chi connectivity index (χ0n) is 13.7. The Bertz CT molecular complexity index is 850. The molecular formula is C19H20N4O. The quantitative estimate of drug-likeness (QED) is 0.744. The lowest BCUT2D eigenvalue weighted by atomic mass is 10.1. The Hall–Kier alpha value is -2.82. The van der Waals surface area contributed by atoms with Gasteiger partial charge in [-0.3, -0.25) is 4.79 Å². The van der Waals surface area contributed by atoms with E-state index in [1.807, 2.05) is 46.0 Å². The summed E-state index contributed by atoms with van der Waals surface area (Å²) in [6, 6.07) is 12.1. The molecule has 3 aromatic rings. The highest BCUT2D eigenvalue weighted by Gasteiger charge is 2.28. The van der Waals surface area contributed by atoms with E-state index < -0.39 is 0 Å². The molecule has 3 heterocycles. The van der Waals surface area contributed by atoms with Gasteiger partial charge in [-0.1, -0.05) is 12.1 Å². The number of carbonyl (C=O) groups excluding carboxylic acids is 1. The molecule has 0 saturated carbocycles. The van der Waals surface area contributed by atoms with E-state index in [-0.39, 0.29) is 11.9 Å². The second kappa shape index (κ2) is 6.00. The Labute approximate surface area is 141 Å². The van der Waals surface area contributed by atoms with E-state index in [0.29, 0.717) is 0 Å². The Morgan fingerprint density at radius 3 is 2.96 bits per heavy atom. The SMILES string of the molecule is C[C@@H]1c2cccn2CCN1C(=O)c1cccc(Cn2ccnc2)c1. The van der Waals surface area contributed by atoms with E-state index in [0.717, 1.165) is 30.8 Å². The second-order valence-corrected chi connectivity index (χ2v) is 6.24. The molecule has 1 aliphatic rings. The van der Waals surface area contributed by atoms with Gasteiger partial charge in [0.25, 0.3) is 5.91 Å². The van der Waals surface area contributed by atoms with Crippen molar-refractivity contribution in [1.82, 2.24) is 19.0 Å². The molecule has 0 N–H and O–H groups in total. The molecule has 1 atom stereocenters. The largest absolute Gasteiger partial charge is 0.348 e. The van der Waals surface area contributed by atoms with Crippen LogP contribution in [0, 0.1) is 0 Å². The van der Waals surface area contributed by atoms with Gasteiger partial charge in [-0.25, -0.2) is 4.98 Å². The third kappa shape index (κ3) is 2.62. The first-order valence-corrected chi connectivity index (χ1v) is 8.23. The molecule has 1 aliphatic heterocycles. The van der Waals surface area contributed by atoms with Crippen LogP contribution < -0.4 is 0 Å². The fourth-order valence-electron chi connectivity index (χ4n) is 3.42. The smallest absolute Gasteiger partial charge is 0.254 e. The molecule has 0 fully saturated rings. The number of hydrogen-bond acceptors (Lipinski definition) is 2. The summed E-state index contributed by atoms with van der Waals surface area (Å²) in [7, 11) is 0. The van der Waals surface area contributed by atoms with E-state index in [4.69, 9.17) is 0 Å². The number of aromatic nitrogens is 3. The Balaban J connectivity index is 1.56. The van der Waals surface area contributed by atoms with Crippen LogP contribution in [-0.4, -0.2) is 31.5 Å². The molecule has 1 aromatic carbocycles. The van der Waals surface area contributed by atoms with E-state index in [1.165, 1.54) is 5.69 Å². The molecule has 0 bridgehead atoms. The summed E-state index contributed by atoms with van der Waals surface area (Å²) in [6.45, 7) is 4.42. The number of rotatable bonds is 3. The second-order valence-electron chi connectivity index (χ2n) is 6.24. The minimum absolute atomic E-state index is 0.0959. The van der Waals surface area contributed by atoms with Crippen molar-refractivity contribution in [2.24, 2.45) is 0 Å². The van der Waals surface area contributed by atoms with Gasteiger partial charge >= 0.3 is 0 Å². The van der Waals surface area contributed by atoms with E-state index >= 15 is 0 Å². The molecule has 0 aliphatic carbocycles. The van der Waals surface area contributed by atoms with E-state index in [1.54, 1.807) is 12.5 Å². The first-order chi connectivity index (χ1) is 11.7. The van der Waals surface area contributed by atoms with Crippen molar-refractivity contribution in [3.05, 3.63) is 78.1 Å². The van der Waals surface area contributed by atoms with Crippen molar-refractivity contribution in [1.29, 1.82) is 0 Å². The summed E-state index contributed by atoms with van der Waals surface area (Å²) >= 11 is 0. The highest BCUT2D eigenvalue weighted by Crippen LogP contribution is 2.27. The third-order valence-electron chi connectivity index (χ3n) is 4.70. The third-order valence-corrected chi connectivity index (χ3v) is 4.70. The molecule has 122 valence electrons. The maximum atomic E-state index is 13.0. The first kappa shape index (κ1) is 14.8. The Morgan fingerprint density at radius 1 is 1.21 bits per heavy atom. The van der Waals surface area contributed by atoms with Gasteiger partial charge in [-0.05, 0) is 36.8 Å². The number of fused-ring (bicyclic) bond motifs is 1. The van der Waals surface area contributed by atoms with Gasteiger partial charge in [0.2, 0.25) is 0 Å². The number of hydrogen-bond donors (Lipinski definition) is 0. The Morgan fingerprint density at radius 2 is 2.12 bits per heavy atom. The molecule has 0 saturated heterocycles. The maximum absolute atomic E-state index is 13.0. The van der Waals surface area contributed by atoms with Crippen LogP contribution in [0.5, 0.6) is 0 Å². The number of carbonyl (C=O) groups is 1. The lowest BCUT2D eigenvalue weighted by Gasteiger charge is -2.35. The minimum atomic E-state index is 0.0959. The van der Waals surface area contributed by atoms with Gasteiger partial charge in [0.05, 0.1) is 12.4 Å². The number of amides is 1. The number of nitrogens with zero attached hydrogens (tertiary/aromatic N) is 4. The highest BCUT2D eigenvalue weighted by atomic mass is 16.2. The summed E-state index contributed by atoms with van der Waals surface area (Å²) in [6.07, 6.45) is 7.56. The predicted molar refractivity (Wildman–Crippen MR) is 91.7 cm³/mol. The minimum Gasteiger partial charge on any atom is -0.348 e. The molecule has 1 amide bonds. The lowest BCUT2D eigenvalue weighted by molar-refractivity contribution is 0.0644. The van der Waals surface area contributed by atoms with Crippen molar-refractivity contribution in [2.45, 2.75) is 26.1 Å². The standard InChI is InChI=1S/C19H20N4O/c1-15-18-6-3-8-22(18)10-11-23(15)19(24)17-5-2-4-16(12-17)13-21-9-7-20-14-21/h2-9,12,14-15H,10-11,13H2,1H3/t15-/m1/s1. The van der Waals surface area contributed by atoms with Crippen LogP contribution in [0.3, 0.4) is 0 Å². The van der Waals surface area contributed by atoms with Crippen molar-refractivity contribution in [3.8, 4) is 0 Å². The summed E-state index contributed by atoms with van der Waals surface area (Å²) < 4.78 is 4.23. The maximum Gasteiger partial charge on any atom is 0.254 e. The van der Waals surface area contributed by atoms with Crippen LogP contribution in [0.15, 0.2) is 61.3 Å². The van der Waals surface area contributed by atoms with Crippen LogP contribution in [0.1, 0.15) is 34.6 Å². The zero-order chi connectivity index (χ0) is 16.5. The molecule has 5 nitrogen and oxygen atoms in total. The number of benzene rings is 1. The van der Waals surface area contributed by atoms with Crippen LogP contribution in [0.2, 0.25) is 0 Å². The molecule has 4 rings (SSSR count). The first-order valence-electron chi connectivity index (χ1n) is 8.23. The Kier molecular flexibility index (Phi) is 3.69. The zero-order valence-corrected chi connectivity index (χ0v) is 13.7. The van der Waals surface area contributed by atoms with Crippen molar-refractivity contribution in [2.75, 3.05) is 6.54 Å². The van der Waals surface area contributed by atoms with Crippen LogP contribution in [0.25, 0.3) is 0 Å². The number of imidazole rings is 1. The monoisotopic (exact) mass is 320 g/mol. The van der Waals surface area contributed by atoms with Gasteiger partial charge in [0.1, 0.15) is 0 Å². The van der Waals surface area contributed by atoms with E-state index in [2.05, 4.69) is 28.7 Å². The average molecular weight is 320 g/mol. The van der Waals surface area contributed by atoms with Crippen molar-refractivity contribution < 1.29 is 4.79 Å². The van der Waals surface area contributed by atoms with Crippen molar-refractivity contribution >= 4 is 5.91 Å². The molecule has 0 radical (unpaired) electrons. The van der Waals surface area contributed by atoms with Gasteiger partial charge in [0.15, 0.2) is 0 Å². The summed E-state index contributed by atoms with van der Waals surface area (Å²) in [5.41, 5.74) is 3.05. The van der Waals surface area contributed by atoms with Crippen molar-refractivity contribution in [3.63, 3.8) is 0 Å². The molecule has 5 heteroatoms. The highest BCUT2D eigenvalue weighted by molar-refractivity contribution is 5.94. The normalized spacial score (nSPS) is 16.9. The fourth-order valence-corrected chi connectivity index (χ4v) is 3.42. The summed E-state index contributed by atoms with van der Waals surface area (Å²) in [5.74, 6) is 0.0995. The summed E-state index contributed by atoms with van der Waals surface area (Å²) in [5, 5.41) is 0. The van der Waals surface area contributed by atoms with E-state index in [9.17, 15) is 4.79 Å². The predicted octanol–water partition coefficient (Wildman–Crippen LogP) is 2.95. The van der Waals surface area contributed by atoms with Gasteiger partial charge in [-0.15, -0.1) is 0 Å². The van der Waals surface area contributed by atoms with Crippen LogP contribution in [0.4, 0.5) is 0 Å². The summed E-state index contributed by atoms with van der Waals surface area (Å²) in [4.78, 5) is 19.0. The molecule has 0 unspecified atom stereocenters. The topological polar surface area (TPSA) is 43.1 Å². The van der Waals surface area contributed by atoms with Crippen LogP contribution in [-0.2, 0) is 13.1 Å². The lowest BCUT2D eigenvalue weighted by Crippen LogP contribution is -2.40. The average Bonchev–Trinajstić information content (AvgIpc) is 3.26. The molecule has 2 aromatic heterocycles.